The lowest BCUT2D eigenvalue weighted by molar-refractivity contribution is 0.241. The quantitative estimate of drug-likeness (QED) is 0.860. The molecule has 0 radical (unpaired) electrons. The number of hydrogen-bond donors (Lipinski definition) is 2. The molecule has 0 amide bonds. The fourth-order valence-corrected chi connectivity index (χ4v) is 3.70. The molecule has 3 rings (SSSR count). The van der Waals surface area contributed by atoms with Crippen molar-refractivity contribution in [1.82, 2.24) is 20.4 Å². The van der Waals surface area contributed by atoms with E-state index in [4.69, 9.17) is 0 Å². The third-order valence-electron chi connectivity index (χ3n) is 4.04. The number of aryl methyl sites for hydroxylation is 1. The predicted octanol–water partition coefficient (Wildman–Crippen LogP) is 2.71. The van der Waals surface area contributed by atoms with Crippen molar-refractivity contribution in [3.8, 4) is 0 Å². The number of likely N-dealkylation sites (tertiary alicyclic amines) is 1. The third kappa shape index (κ3) is 3.11. The Morgan fingerprint density at radius 3 is 2.95 bits per heavy atom. The second-order valence-corrected chi connectivity index (χ2v) is 6.40. The molecule has 2 aromatic rings. The highest BCUT2D eigenvalue weighted by Crippen LogP contribution is 2.27. The lowest BCUT2D eigenvalue weighted by atomic mass is 10.2. The van der Waals surface area contributed by atoms with Crippen molar-refractivity contribution >= 4 is 11.3 Å². The van der Waals surface area contributed by atoms with Crippen LogP contribution in [-0.4, -0.2) is 34.7 Å². The van der Waals surface area contributed by atoms with Gasteiger partial charge in [0.05, 0.1) is 12.2 Å². The summed E-state index contributed by atoms with van der Waals surface area (Å²) >= 11 is 1.87. The van der Waals surface area contributed by atoms with Crippen molar-refractivity contribution in [2.75, 3.05) is 19.6 Å². The van der Waals surface area contributed by atoms with E-state index in [2.05, 4.69) is 44.9 Å². The van der Waals surface area contributed by atoms with Crippen LogP contribution in [0.1, 0.15) is 35.0 Å². The Morgan fingerprint density at radius 1 is 1.45 bits per heavy atom. The Kier molecular flexibility index (Phi) is 4.50. The molecule has 108 valence electrons. The fourth-order valence-electron chi connectivity index (χ4n) is 2.84. The molecule has 2 N–H and O–H groups in total. The summed E-state index contributed by atoms with van der Waals surface area (Å²) in [6.07, 6.45) is 4.59. The molecular weight excluding hydrogens is 268 g/mol. The fraction of sp³-hybridized carbons (Fsp3) is 0.533. The predicted molar refractivity (Wildman–Crippen MR) is 82.9 cm³/mol. The Hall–Kier alpha value is -1.17. The van der Waals surface area contributed by atoms with Crippen molar-refractivity contribution in [2.45, 2.75) is 32.4 Å². The molecule has 20 heavy (non-hydrogen) atoms. The molecule has 4 nitrogen and oxygen atoms in total. The van der Waals surface area contributed by atoms with Gasteiger partial charge in [-0.3, -0.25) is 10.00 Å². The highest BCUT2D eigenvalue weighted by atomic mass is 32.1. The minimum Gasteiger partial charge on any atom is -0.311 e. The zero-order chi connectivity index (χ0) is 13.8. The van der Waals surface area contributed by atoms with Crippen molar-refractivity contribution in [2.24, 2.45) is 0 Å². The number of aromatic amines is 1. The molecule has 0 aromatic carbocycles. The Balaban J connectivity index is 1.60. The normalized spacial score (nSPS) is 17.6. The number of H-pyrrole nitrogens is 1. The van der Waals surface area contributed by atoms with E-state index in [9.17, 15) is 0 Å². The molecule has 1 saturated heterocycles. The van der Waals surface area contributed by atoms with Gasteiger partial charge < -0.3 is 5.32 Å². The highest BCUT2D eigenvalue weighted by Gasteiger charge is 2.23. The van der Waals surface area contributed by atoms with E-state index >= 15 is 0 Å². The Bertz CT molecular complexity index is 514. The number of rotatable bonds is 6. The minimum absolute atomic E-state index is 0.518. The summed E-state index contributed by atoms with van der Waals surface area (Å²) in [5, 5.41) is 12.8. The van der Waals surface area contributed by atoms with Gasteiger partial charge in [0, 0.05) is 29.2 Å². The maximum absolute atomic E-state index is 4.07. The number of nitrogens with one attached hydrogen (secondary N) is 2. The summed E-state index contributed by atoms with van der Waals surface area (Å²) in [5.74, 6) is 0. The van der Waals surface area contributed by atoms with Crippen LogP contribution in [0.5, 0.6) is 0 Å². The van der Waals surface area contributed by atoms with Crippen LogP contribution < -0.4 is 5.32 Å². The largest absolute Gasteiger partial charge is 0.311 e. The van der Waals surface area contributed by atoms with E-state index in [-0.39, 0.29) is 0 Å². The molecule has 2 aromatic heterocycles. The van der Waals surface area contributed by atoms with Crippen LogP contribution in [0.3, 0.4) is 0 Å². The van der Waals surface area contributed by atoms with Crippen molar-refractivity contribution < 1.29 is 0 Å². The highest BCUT2D eigenvalue weighted by molar-refractivity contribution is 7.10. The maximum atomic E-state index is 4.07. The van der Waals surface area contributed by atoms with Gasteiger partial charge in [-0.25, -0.2) is 0 Å². The zero-order valence-electron chi connectivity index (χ0n) is 11.9. The van der Waals surface area contributed by atoms with Crippen LogP contribution in [0.4, 0.5) is 0 Å². The second-order valence-electron chi connectivity index (χ2n) is 5.43. The lowest BCUT2D eigenvalue weighted by Crippen LogP contribution is -2.33. The first kappa shape index (κ1) is 13.8. The van der Waals surface area contributed by atoms with Crippen LogP contribution in [0.25, 0.3) is 0 Å². The molecule has 1 aliphatic rings. The molecule has 0 spiro atoms. The van der Waals surface area contributed by atoms with Gasteiger partial charge in [0.15, 0.2) is 0 Å². The SMILES string of the molecule is Cc1[nH]ncc1CNCC(c1cccs1)N1CCCC1. The van der Waals surface area contributed by atoms with Crippen LogP contribution >= 0.6 is 11.3 Å². The van der Waals surface area contributed by atoms with E-state index < -0.39 is 0 Å². The summed E-state index contributed by atoms with van der Waals surface area (Å²) in [5.41, 5.74) is 2.42. The maximum Gasteiger partial charge on any atom is 0.0566 e. The van der Waals surface area contributed by atoms with Gasteiger partial charge in [-0.05, 0) is 44.3 Å². The van der Waals surface area contributed by atoms with Crippen LogP contribution in [0.2, 0.25) is 0 Å². The molecule has 5 heteroatoms. The molecule has 1 atom stereocenters. The van der Waals surface area contributed by atoms with E-state index in [1.54, 1.807) is 0 Å². The summed E-state index contributed by atoms with van der Waals surface area (Å²) < 4.78 is 0. The van der Waals surface area contributed by atoms with Crippen LogP contribution in [0.15, 0.2) is 23.7 Å². The Morgan fingerprint density at radius 2 is 2.30 bits per heavy atom. The topological polar surface area (TPSA) is 44.0 Å². The first-order valence-electron chi connectivity index (χ1n) is 7.31. The van der Waals surface area contributed by atoms with Crippen molar-refractivity contribution in [3.63, 3.8) is 0 Å². The number of thiophene rings is 1. The summed E-state index contributed by atoms with van der Waals surface area (Å²) in [4.78, 5) is 4.09. The van der Waals surface area contributed by atoms with E-state index in [0.29, 0.717) is 6.04 Å². The molecule has 0 aliphatic carbocycles. The molecule has 1 fully saturated rings. The van der Waals surface area contributed by atoms with E-state index in [1.807, 2.05) is 17.5 Å². The van der Waals surface area contributed by atoms with Gasteiger partial charge in [0.25, 0.3) is 0 Å². The van der Waals surface area contributed by atoms with Gasteiger partial charge in [0.1, 0.15) is 0 Å². The number of aromatic nitrogens is 2. The van der Waals surface area contributed by atoms with Gasteiger partial charge in [0.2, 0.25) is 0 Å². The first-order valence-corrected chi connectivity index (χ1v) is 8.19. The average Bonchev–Trinajstić information content (AvgIpc) is 3.18. The van der Waals surface area contributed by atoms with Crippen molar-refractivity contribution in [1.29, 1.82) is 0 Å². The van der Waals surface area contributed by atoms with Crippen LogP contribution in [-0.2, 0) is 6.54 Å². The molecule has 0 saturated carbocycles. The van der Waals surface area contributed by atoms with Gasteiger partial charge >= 0.3 is 0 Å². The third-order valence-corrected chi connectivity index (χ3v) is 5.01. The summed E-state index contributed by atoms with van der Waals surface area (Å²) in [6.45, 7) is 6.42. The van der Waals surface area contributed by atoms with Gasteiger partial charge in [-0.15, -0.1) is 11.3 Å². The minimum atomic E-state index is 0.518. The van der Waals surface area contributed by atoms with E-state index in [1.165, 1.54) is 36.4 Å². The molecule has 1 unspecified atom stereocenters. The molecule has 3 heterocycles. The van der Waals surface area contributed by atoms with Crippen LogP contribution in [0, 0.1) is 6.92 Å². The van der Waals surface area contributed by atoms with E-state index in [0.717, 1.165) is 18.8 Å². The lowest BCUT2D eigenvalue weighted by Gasteiger charge is -2.27. The van der Waals surface area contributed by atoms with Gasteiger partial charge in [-0.2, -0.15) is 5.10 Å². The average molecular weight is 290 g/mol. The molecular formula is C15H22N4S. The molecule has 1 aliphatic heterocycles. The first-order chi connectivity index (χ1) is 9.84. The van der Waals surface area contributed by atoms with Crippen molar-refractivity contribution in [3.05, 3.63) is 39.8 Å². The summed E-state index contributed by atoms with van der Waals surface area (Å²) in [7, 11) is 0. The molecule has 0 bridgehead atoms. The summed E-state index contributed by atoms with van der Waals surface area (Å²) in [6, 6.07) is 4.94. The number of nitrogens with zero attached hydrogens (tertiary/aromatic N) is 2. The monoisotopic (exact) mass is 290 g/mol. The Labute approximate surface area is 124 Å². The number of hydrogen-bond acceptors (Lipinski definition) is 4. The van der Waals surface area contributed by atoms with Gasteiger partial charge in [-0.1, -0.05) is 6.07 Å². The second kappa shape index (κ2) is 6.52. The smallest absolute Gasteiger partial charge is 0.0566 e. The zero-order valence-corrected chi connectivity index (χ0v) is 12.7. The standard InChI is InChI=1S/C15H22N4S/c1-12-13(10-17-18-12)9-16-11-14(15-5-4-8-20-15)19-6-2-3-7-19/h4-5,8,10,14,16H,2-3,6-7,9,11H2,1H3,(H,17,18).